The predicted molar refractivity (Wildman–Crippen MR) is 124 cm³/mol. The fourth-order valence-electron chi connectivity index (χ4n) is 4.34. The molecule has 0 atom stereocenters. The van der Waals surface area contributed by atoms with Gasteiger partial charge >= 0.3 is 0 Å². The van der Waals surface area contributed by atoms with E-state index >= 15 is 0 Å². The monoisotopic (exact) mass is 396 g/mol. The van der Waals surface area contributed by atoms with Gasteiger partial charge in [0.05, 0.1) is 28.4 Å². The second kappa shape index (κ2) is 6.79. The van der Waals surface area contributed by atoms with Gasteiger partial charge in [-0.2, -0.15) is 5.26 Å². The van der Waals surface area contributed by atoms with Gasteiger partial charge in [-0.05, 0) is 42.0 Å². The molecule has 3 aromatic heterocycles. The molecule has 4 nitrogen and oxygen atoms in total. The van der Waals surface area contributed by atoms with Crippen LogP contribution >= 0.6 is 0 Å². The van der Waals surface area contributed by atoms with Crippen LogP contribution in [0.5, 0.6) is 0 Å². The summed E-state index contributed by atoms with van der Waals surface area (Å²) in [7, 11) is 0. The van der Waals surface area contributed by atoms with Crippen molar-refractivity contribution in [1.29, 1.82) is 5.26 Å². The third-order valence-electron chi connectivity index (χ3n) is 5.72. The third kappa shape index (κ3) is 2.68. The van der Waals surface area contributed by atoms with Crippen molar-refractivity contribution < 1.29 is 0 Å². The highest BCUT2D eigenvalue weighted by Gasteiger charge is 2.16. The van der Waals surface area contributed by atoms with Crippen molar-refractivity contribution >= 4 is 32.7 Å². The predicted octanol–water partition coefficient (Wildman–Crippen LogP) is 6.27. The van der Waals surface area contributed by atoms with Crippen molar-refractivity contribution in [3.8, 4) is 22.9 Å². The topological polar surface area (TPSA) is 54.5 Å². The quantitative estimate of drug-likeness (QED) is 0.347. The Kier molecular flexibility index (Phi) is 3.81. The molecule has 144 valence electrons. The van der Waals surface area contributed by atoms with Gasteiger partial charge in [0.1, 0.15) is 11.8 Å². The molecule has 6 rings (SSSR count). The summed E-state index contributed by atoms with van der Waals surface area (Å²) in [5.74, 6) is 0. The zero-order valence-corrected chi connectivity index (χ0v) is 16.5. The van der Waals surface area contributed by atoms with Gasteiger partial charge in [0, 0.05) is 27.9 Å². The molecule has 3 heterocycles. The van der Waals surface area contributed by atoms with E-state index in [2.05, 4.69) is 69.1 Å². The smallest absolute Gasteiger partial charge is 0.140 e. The second-order valence-corrected chi connectivity index (χ2v) is 7.48. The highest BCUT2D eigenvalue weighted by Crippen LogP contribution is 2.38. The molecule has 0 bridgehead atoms. The van der Waals surface area contributed by atoms with Crippen LogP contribution in [0.3, 0.4) is 0 Å². The molecule has 0 amide bonds. The Morgan fingerprint density at radius 2 is 1.58 bits per heavy atom. The number of para-hydroxylation sites is 2. The van der Waals surface area contributed by atoms with Crippen LogP contribution in [0.1, 0.15) is 5.69 Å². The number of hydrogen-bond acceptors (Lipinski definition) is 3. The first-order valence-electron chi connectivity index (χ1n) is 10.1. The fourth-order valence-corrected chi connectivity index (χ4v) is 4.34. The maximum absolute atomic E-state index is 9.12. The summed E-state index contributed by atoms with van der Waals surface area (Å²) >= 11 is 0. The SMILES string of the molecule is N#Cc1ccc(-n2c3ccccc3c3c(-c4cnc5ccccc5c4)cccc32)cn1. The van der Waals surface area contributed by atoms with Crippen molar-refractivity contribution in [2.75, 3.05) is 0 Å². The molecule has 0 radical (unpaired) electrons. The Morgan fingerprint density at radius 3 is 2.45 bits per heavy atom. The molecule has 0 unspecified atom stereocenters. The van der Waals surface area contributed by atoms with Crippen molar-refractivity contribution in [1.82, 2.24) is 14.5 Å². The molecule has 3 aromatic carbocycles. The van der Waals surface area contributed by atoms with E-state index in [1.54, 1.807) is 12.3 Å². The first-order valence-corrected chi connectivity index (χ1v) is 10.1. The lowest BCUT2D eigenvalue weighted by molar-refractivity contribution is 1.13. The average Bonchev–Trinajstić information content (AvgIpc) is 3.18. The summed E-state index contributed by atoms with van der Waals surface area (Å²) < 4.78 is 2.21. The van der Waals surface area contributed by atoms with Crippen LogP contribution in [0.4, 0.5) is 0 Å². The summed E-state index contributed by atoms with van der Waals surface area (Å²) in [6.45, 7) is 0. The van der Waals surface area contributed by atoms with Gasteiger partial charge in [-0.3, -0.25) is 4.98 Å². The Balaban J connectivity index is 1.69. The lowest BCUT2D eigenvalue weighted by atomic mass is 9.99. The van der Waals surface area contributed by atoms with Gasteiger partial charge in [0.25, 0.3) is 0 Å². The van der Waals surface area contributed by atoms with E-state index in [4.69, 9.17) is 5.26 Å². The van der Waals surface area contributed by atoms with Crippen LogP contribution in [0, 0.1) is 11.3 Å². The minimum absolute atomic E-state index is 0.410. The zero-order valence-electron chi connectivity index (χ0n) is 16.5. The number of pyridine rings is 2. The van der Waals surface area contributed by atoms with Crippen LogP contribution < -0.4 is 0 Å². The van der Waals surface area contributed by atoms with Gasteiger partial charge in [-0.1, -0.05) is 48.5 Å². The summed E-state index contributed by atoms with van der Waals surface area (Å²) in [5, 5.41) is 12.6. The Hall–Kier alpha value is -4.49. The average molecular weight is 396 g/mol. The Labute approximate surface area is 178 Å². The highest BCUT2D eigenvalue weighted by atomic mass is 15.0. The summed E-state index contributed by atoms with van der Waals surface area (Å²) in [5.41, 5.74) is 6.76. The van der Waals surface area contributed by atoms with Crippen LogP contribution in [0.2, 0.25) is 0 Å². The minimum Gasteiger partial charge on any atom is -0.308 e. The highest BCUT2D eigenvalue weighted by molar-refractivity contribution is 6.15. The molecule has 31 heavy (non-hydrogen) atoms. The van der Waals surface area contributed by atoms with Gasteiger partial charge in [0.2, 0.25) is 0 Å². The number of fused-ring (bicyclic) bond motifs is 4. The third-order valence-corrected chi connectivity index (χ3v) is 5.72. The van der Waals surface area contributed by atoms with E-state index in [1.165, 1.54) is 10.8 Å². The van der Waals surface area contributed by atoms with Crippen LogP contribution in [0.25, 0.3) is 49.5 Å². The molecule has 0 aliphatic rings. The van der Waals surface area contributed by atoms with E-state index in [0.717, 1.165) is 38.8 Å². The lowest BCUT2D eigenvalue weighted by Crippen LogP contribution is -1.95. The van der Waals surface area contributed by atoms with Crippen molar-refractivity contribution in [3.05, 3.63) is 103 Å². The first-order chi connectivity index (χ1) is 15.3. The van der Waals surface area contributed by atoms with Gasteiger partial charge < -0.3 is 4.57 Å². The van der Waals surface area contributed by atoms with Crippen molar-refractivity contribution in [2.45, 2.75) is 0 Å². The number of rotatable bonds is 2. The summed E-state index contributed by atoms with van der Waals surface area (Å²) in [6.07, 6.45) is 3.71. The number of nitriles is 1. The lowest BCUT2D eigenvalue weighted by Gasteiger charge is -2.09. The molecule has 0 aliphatic heterocycles. The molecule has 0 fully saturated rings. The van der Waals surface area contributed by atoms with Crippen molar-refractivity contribution in [3.63, 3.8) is 0 Å². The van der Waals surface area contributed by atoms with Crippen LogP contribution in [0.15, 0.2) is 97.3 Å². The molecular weight excluding hydrogens is 380 g/mol. The number of benzene rings is 3. The van der Waals surface area contributed by atoms with Crippen molar-refractivity contribution in [2.24, 2.45) is 0 Å². The maximum Gasteiger partial charge on any atom is 0.140 e. The largest absolute Gasteiger partial charge is 0.308 e. The molecule has 0 aliphatic carbocycles. The normalized spacial score (nSPS) is 11.2. The molecule has 0 saturated carbocycles. The van der Waals surface area contributed by atoms with E-state index in [0.29, 0.717) is 5.69 Å². The van der Waals surface area contributed by atoms with Gasteiger partial charge in [0.15, 0.2) is 0 Å². The molecule has 0 saturated heterocycles. The minimum atomic E-state index is 0.410. The molecular formula is C27H16N4. The van der Waals surface area contributed by atoms with E-state index in [-0.39, 0.29) is 0 Å². The van der Waals surface area contributed by atoms with Gasteiger partial charge in [-0.15, -0.1) is 0 Å². The molecule has 6 aromatic rings. The summed E-state index contributed by atoms with van der Waals surface area (Å²) in [4.78, 5) is 8.97. The Morgan fingerprint density at radius 1 is 0.742 bits per heavy atom. The van der Waals surface area contributed by atoms with E-state index in [1.807, 2.05) is 36.5 Å². The zero-order chi connectivity index (χ0) is 20.8. The summed E-state index contributed by atoms with van der Waals surface area (Å²) in [6, 6.07) is 30.9. The van der Waals surface area contributed by atoms with Crippen LogP contribution in [-0.2, 0) is 0 Å². The standard InChI is InChI=1S/C27H16N4/c28-15-20-12-13-21(17-29-20)31-25-10-4-2-7-23(25)27-22(8-5-11-26(27)31)19-14-18-6-1-3-9-24(18)30-16-19/h1-14,16-17H. The first kappa shape index (κ1) is 17.4. The van der Waals surface area contributed by atoms with Crippen LogP contribution in [-0.4, -0.2) is 14.5 Å². The van der Waals surface area contributed by atoms with E-state index < -0.39 is 0 Å². The van der Waals surface area contributed by atoms with E-state index in [9.17, 15) is 0 Å². The Bertz CT molecular complexity index is 1640. The number of nitrogens with zero attached hydrogens (tertiary/aromatic N) is 4. The molecule has 0 N–H and O–H groups in total. The molecule has 4 heteroatoms. The number of hydrogen-bond donors (Lipinski definition) is 0. The van der Waals surface area contributed by atoms with Gasteiger partial charge in [-0.25, -0.2) is 4.98 Å². The molecule has 0 spiro atoms. The second-order valence-electron chi connectivity index (χ2n) is 7.48. The maximum atomic E-state index is 9.12. The fraction of sp³-hybridized carbons (Fsp3) is 0. The number of aromatic nitrogens is 3.